The maximum Gasteiger partial charge on any atom is 0.244 e. The highest BCUT2D eigenvalue weighted by molar-refractivity contribution is 7.98. The topological polar surface area (TPSA) is 74.8 Å². The number of carbonyl (C=O) groups is 4. The summed E-state index contributed by atoms with van der Waals surface area (Å²) in [5.41, 5.74) is 0. The fourth-order valence-electron chi connectivity index (χ4n) is 2.49. The van der Waals surface area contributed by atoms with E-state index in [9.17, 15) is 19.2 Å². The quantitative estimate of drug-likeness (QED) is 0.415. The molecule has 0 aromatic carbocycles. The van der Waals surface area contributed by atoms with Crippen molar-refractivity contribution in [2.45, 2.75) is 50.4 Å². The van der Waals surface area contributed by atoms with E-state index in [0.29, 0.717) is 0 Å². The second kappa shape index (κ2) is 6.05. The van der Waals surface area contributed by atoms with Crippen LogP contribution < -0.4 is 0 Å². The largest absolute Gasteiger partial charge is 0.302 e. The van der Waals surface area contributed by atoms with E-state index in [1.165, 1.54) is 18.9 Å². The van der Waals surface area contributed by atoms with Gasteiger partial charge in [-0.25, -0.2) is 4.31 Å². The molecule has 2 heterocycles. The van der Waals surface area contributed by atoms with E-state index in [0.717, 1.165) is 30.6 Å². The molecule has 6 nitrogen and oxygen atoms in total. The highest BCUT2D eigenvalue weighted by Gasteiger charge is 2.44. The minimum atomic E-state index is -0.707. The van der Waals surface area contributed by atoms with E-state index in [4.69, 9.17) is 0 Å². The highest BCUT2D eigenvalue weighted by Crippen LogP contribution is 2.33. The molecule has 110 valence electrons. The Morgan fingerprint density at radius 1 is 1.45 bits per heavy atom. The summed E-state index contributed by atoms with van der Waals surface area (Å²) in [5.74, 6) is -0.833. The lowest BCUT2D eigenvalue weighted by Crippen LogP contribution is -2.43. The van der Waals surface area contributed by atoms with Gasteiger partial charge >= 0.3 is 0 Å². The zero-order chi connectivity index (χ0) is 14.9. The van der Waals surface area contributed by atoms with Gasteiger partial charge in [0.15, 0.2) is 5.78 Å². The van der Waals surface area contributed by atoms with Gasteiger partial charge in [-0.1, -0.05) is 11.9 Å². The van der Waals surface area contributed by atoms with Gasteiger partial charge in [-0.3, -0.25) is 19.3 Å². The number of Topliss-reactive ketones (excluding diaryl/α,β-unsaturated/α-hetero) is 1. The minimum absolute atomic E-state index is 0.100. The molecule has 0 N–H and O–H groups in total. The highest BCUT2D eigenvalue weighted by atomic mass is 32.2. The molecule has 0 saturated carbocycles. The lowest BCUT2D eigenvalue weighted by molar-refractivity contribution is -0.144. The van der Waals surface area contributed by atoms with Crippen molar-refractivity contribution in [3.8, 4) is 0 Å². The fraction of sp³-hybridized carbons (Fsp3) is 0.692. The molecule has 0 bridgehead atoms. The molecule has 0 aromatic rings. The van der Waals surface area contributed by atoms with Gasteiger partial charge in [0.2, 0.25) is 11.8 Å². The number of imide groups is 1. The Balaban J connectivity index is 2.04. The van der Waals surface area contributed by atoms with Crippen molar-refractivity contribution in [3.63, 3.8) is 0 Å². The Bertz CT molecular complexity index is 454. The normalized spacial score (nSPS) is 29.0. The Hall–Kier alpha value is -1.21. The number of carbonyl (C=O) groups excluding carboxylic acids is 4. The number of likely N-dealkylation sites (tertiary alicyclic amines) is 1. The summed E-state index contributed by atoms with van der Waals surface area (Å²) in [6, 6.07) is -0.886. The van der Waals surface area contributed by atoms with Gasteiger partial charge in [-0.05, 0) is 26.7 Å². The van der Waals surface area contributed by atoms with Gasteiger partial charge in [-0.15, -0.1) is 0 Å². The molecule has 0 aromatic heterocycles. The van der Waals surface area contributed by atoms with E-state index in [1.54, 1.807) is 6.92 Å². The van der Waals surface area contributed by atoms with Crippen molar-refractivity contribution in [2.24, 2.45) is 0 Å². The third kappa shape index (κ3) is 2.78. The maximum absolute atomic E-state index is 12.3. The van der Waals surface area contributed by atoms with Crippen LogP contribution in [0.3, 0.4) is 0 Å². The predicted molar refractivity (Wildman–Crippen MR) is 73.8 cm³/mol. The molecule has 7 heteroatoms. The van der Waals surface area contributed by atoms with Gasteiger partial charge in [0.05, 0.1) is 12.1 Å². The molecule has 3 atom stereocenters. The van der Waals surface area contributed by atoms with Crippen LogP contribution in [-0.2, 0) is 19.2 Å². The van der Waals surface area contributed by atoms with E-state index in [-0.39, 0.29) is 30.1 Å². The average molecular weight is 298 g/mol. The molecule has 2 aliphatic heterocycles. The third-order valence-electron chi connectivity index (χ3n) is 3.79. The first-order valence-electron chi connectivity index (χ1n) is 6.70. The van der Waals surface area contributed by atoms with Crippen LogP contribution in [0.25, 0.3) is 0 Å². The second-order valence-electron chi connectivity index (χ2n) is 5.17. The molecule has 20 heavy (non-hydrogen) atoms. The molecular weight excluding hydrogens is 280 g/mol. The van der Waals surface area contributed by atoms with Crippen LogP contribution in [0, 0.1) is 0 Å². The molecule has 2 saturated heterocycles. The van der Waals surface area contributed by atoms with Gasteiger partial charge in [-0.2, -0.15) is 0 Å². The van der Waals surface area contributed by atoms with Crippen molar-refractivity contribution in [1.82, 2.24) is 9.21 Å². The molecule has 2 amide bonds. The number of nitrogens with zero attached hydrogens (tertiary/aromatic N) is 2. The molecule has 0 spiro atoms. The smallest absolute Gasteiger partial charge is 0.244 e. The van der Waals surface area contributed by atoms with E-state index >= 15 is 0 Å². The van der Waals surface area contributed by atoms with Crippen molar-refractivity contribution < 1.29 is 19.2 Å². The van der Waals surface area contributed by atoms with Crippen LogP contribution in [0.15, 0.2) is 0 Å². The molecule has 2 unspecified atom stereocenters. The first kappa shape index (κ1) is 15.2. The summed E-state index contributed by atoms with van der Waals surface area (Å²) >= 11 is 1.27. The van der Waals surface area contributed by atoms with Crippen molar-refractivity contribution in [2.75, 3.05) is 6.54 Å². The fourth-order valence-corrected chi connectivity index (χ4v) is 3.78. The lowest BCUT2D eigenvalue weighted by atomic mass is 10.2. The molecule has 2 aliphatic rings. The average Bonchev–Trinajstić information content (AvgIpc) is 2.94. The van der Waals surface area contributed by atoms with Gasteiger partial charge in [0, 0.05) is 13.0 Å². The molecule has 0 radical (unpaired) electrons. The van der Waals surface area contributed by atoms with Crippen molar-refractivity contribution in [1.29, 1.82) is 0 Å². The van der Waals surface area contributed by atoms with Gasteiger partial charge in [0.1, 0.15) is 11.5 Å². The molecule has 0 aliphatic carbocycles. The predicted octanol–water partition coefficient (Wildman–Crippen LogP) is 0.403. The molecule has 2 fully saturated rings. The summed E-state index contributed by atoms with van der Waals surface area (Å²) in [7, 11) is 0. The van der Waals surface area contributed by atoms with E-state index < -0.39 is 11.3 Å². The Labute approximate surface area is 122 Å². The zero-order valence-corrected chi connectivity index (χ0v) is 12.4. The molecular formula is C13H18N2O4S. The first-order chi connectivity index (χ1) is 9.45. The number of hydrogen-bond acceptors (Lipinski definition) is 6. The zero-order valence-electron chi connectivity index (χ0n) is 11.6. The van der Waals surface area contributed by atoms with Gasteiger partial charge in [0.25, 0.3) is 0 Å². The van der Waals surface area contributed by atoms with Crippen molar-refractivity contribution in [3.05, 3.63) is 0 Å². The monoisotopic (exact) mass is 298 g/mol. The number of hydrogen-bond donors (Lipinski definition) is 0. The van der Waals surface area contributed by atoms with Crippen molar-refractivity contribution >= 4 is 35.8 Å². The van der Waals surface area contributed by atoms with Crippen LogP contribution in [0.5, 0.6) is 0 Å². The van der Waals surface area contributed by atoms with Crippen LogP contribution in [0.4, 0.5) is 0 Å². The third-order valence-corrected chi connectivity index (χ3v) is 5.13. The van der Waals surface area contributed by atoms with Gasteiger partial charge < -0.3 is 4.79 Å². The van der Waals surface area contributed by atoms with E-state index in [1.807, 2.05) is 4.31 Å². The van der Waals surface area contributed by atoms with Crippen LogP contribution in [0.1, 0.15) is 33.1 Å². The van der Waals surface area contributed by atoms with Crippen LogP contribution in [0.2, 0.25) is 0 Å². The standard InChI is InChI=1S/C13H18N2O4S/c1-8(9(2)17)15-12(18)6-11(13(15)19)20-14-5-3-4-10(14)7-16/h7-8,10-11H,3-6H2,1-2H3/t8?,10-,11?/m0/s1. The SMILES string of the molecule is CC(=O)C(C)N1C(=O)CC(SN2CCC[C@H]2C=O)C1=O. The van der Waals surface area contributed by atoms with Crippen LogP contribution >= 0.6 is 11.9 Å². The second-order valence-corrected chi connectivity index (χ2v) is 6.42. The number of ketones is 1. The number of amides is 2. The minimum Gasteiger partial charge on any atom is -0.302 e. The lowest BCUT2D eigenvalue weighted by Gasteiger charge is -2.23. The summed E-state index contributed by atoms with van der Waals surface area (Å²) in [6.07, 6.45) is 2.69. The Morgan fingerprint density at radius 2 is 2.15 bits per heavy atom. The maximum atomic E-state index is 12.3. The Kier molecular flexibility index (Phi) is 4.59. The summed E-state index contributed by atoms with van der Waals surface area (Å²) in [5, 5.41) is -0.509. The summed E-state index contributed by atoms with van der Waals surface area (Å²) in [4.78, 5) is 47.5. The molecule has 2 rings (SSSR count). The number of rotatable bonds is 5. The van der Waals surface area contributed by atoms with Crippen LogP contribution in [-0.4, -0.2) is 57.0 Å². The summed E-state index contributed by atoms with van der Waals surface area (Å²) < 4.78 is 1.88. The Morgan fingerprint density at radius 3 is 2.75 bits per heavy atom. The summed E-state index contributed by atoms with van der Waals surface area (Å²) in [6.45, 7) is 3.68. The number of aldehydes is 1. The first-order valence-corrected chi connectivity index (χ1v) is 7.54. The van der Waals surface area contributed by atoms with E-state index in [2.05, 4.69) is 0 Å².